The Morgan fingerprint density at radius 1 is 0.907 bits per heavy atom. The molecule has 43 heavy (non-hydrogen) atoms. The van der Waals surface area contributed by atoms with Crippen LogP contribution >= 0.6 is 0 Å². The second-order valence-corrected chi connectivity index (χ2v) is 9.57. The fourth-order valence-corrected chi connectivity index (χ4v) is 4.57. The second kappa shape index (κ2) is 11.3. The molecule has 2 aromatic heterocycles. The highest BCUT2D eigenvalue weighted by atomic mass is 19.4. The smallest absolute Gasteiger partial charge is 0.416 e. The number of nitrogens with one attached hydrogen (secondary N) is 1. The van der Waals surface area contributed by atoms with Crippen LogP contribution in [-0.2, 0) is 18.9 Å². The van der Waals surface area contributed by atoms with Gasteiger partial charge in [0.15, 0.2) is 0 Å². The number of para-hydroxylation sites is 2. The summed E-state index contributed by atoms with van der Waals surface area (Å²) in [6.07, 6.45) is -8.88. The predicted octanol–water partition coefficient (Wildman–Crippen LogP) is 7.81. The minimum atomic E-state index is -5.11. The fourth-order valence-electron chi connectivity index (χ4n) is 4.57. The number of hydrogen-bond acceptors (Lipinski definition) is 4. The molecule has 3 aromatic carbocycles. The maximum Gasteiger partial charge on any atom is 0.416 e. The van der Waals surface area contributed by atoms with Crippen molar-refractivity contribution in [3.8, 4) is 5.69 Å². The molecule has 0 bridgehead atoms. The number of hydrogen-bond donors (Lipinski definition) is 1. The highest BCUT2D eigenvalue weighted by Gasteiger charge is 2.37. The van der Waals surface area contributed by atoms with Gasteiger partial charge in [0.25, 0.3) is 5.56 Å². The number of aromatic nitrogens is 2. The SMILES string of the molecule is CC(c1nc2ccccc2c(=O)n1-c1ccccc1)N(Cc1ccco1)C(=O)Nc1cc(C(F)(F)F)cc(C(F)(F)F)c1. The van der Waals surface area contributed by atoms with E-state index in [1.807, 2.05) is 0 Å². The van der Waals surface area contributed by atoms with E-state index < -0.39 is 46.8 Å². The van der Waals surface area contributed by atoms with Crippen LogP contribution in [0.3, 0.4) is 0 Å². The van der Waals surface area contributed by atoms with Crippen LogP contribution in [0.5, 0.6) is 0 Å². The van der Waals surface area contributed by atoms with Crippen molar-refractivity contribution in [1.29, 1.82) is 0 Å². The van der Waals surface area contributed by atoms with E-state index in [2.05, 4.69) is 10.3 Å². The van der Waals surface area contributed by atoms with Gasteiger partial charge in [0.1, 0.15) is 11.6 Å². The van der Waals surface area contributed by atoms with Crippen LogP contribution in [0.15, 0.2) is 100 Å². The lowest BCUT2D eigenvalue weighted by Gasteiger charge is -2.30. The number of urea groups is 1. The van der Waals surface area contributed by atoms with Gasteiger partial charge in [0.05, 0.1) is 46.6 Å². The largest absolute Gasteiger partial charge is 0.467 e. The molecule has 2 heterocycles. The first-order valence-electron chi connectivity index (χ1n) is 12.8. The topological polar surface area (TPSA) is 80.4 Å². The number of amides is 2. The maximum atomic E-state index is 13.7. The quantitative estimate of drug-likeness (QED) is 0.202. The lowest BCUT2D eigenvalue weighted by molar-refractivity contribution is -0.143. The van der Waals surface area contributed by atoms with Gasteiger partial charge in [-0.05, 0) is 61.5 Å². The summed E-state index contributed by atoms with van der Waals surface area (Å²) in [6, 6.07) is 16.8. The zero-order valence-corrected chi connectivity index (χ0v) is 22.3. The standard InChI is InChI=1S/C30H22F6N4O3/c1-18(26-38-25-12-6-5-11-24(25)27(41)40(26)22-8-3-2-4-9-22)39(17-23-10-7-13-43-23)28(42)37-21-15-19(29(31,32)33)14-20(16-21)30(34,35)36/h2-16,18H,17H2,1H3,(H,37,42). The molecule has 1 unspecified atom stereocenters. The number of halogens is 6. The third kappa shape index (κ3) is 6.25. The lowest BCUT2D eigenvalue weighted by atomic mass is 10.1. The summed E-state index contributed by atoms with van der Waals surface area (Å²) in [5, 5.41) is 2.47. The van der Waals surface area contributed by atoms with Crippen molar-refractivity contribution in [2.24, 2.45) is 0 Å². The van der Waals surface area contributed by atoms with Crippen molar-refractivity contribution in [3.63, 3.8) is 0 Å². The number of benzene rings is 3. The second-order valence-electron chi connectivity index (χ2n) is 9.57. The van der Waals surface area contributed by atoms with E-state index in [9.17, 15) is 35.9 Å². The Morgan fingerprint density at radius 2 is 1.53 bits per heavy atom. The Hall–Kier alpha value is -5.07. The normalized spacial score (nSPS) is 12.7. The number of nitrogens with zero attached hydrogens (tertiary/aromatic N) is 3. The Bertz CT molecular complexity index is 1780. The van der Waals surface area contributed by atoms with Gasteiger partial charge < -0.3 is 14.6 Å². The molecule has 0 saturated heterocycles. The van der Waals surface area contributed by atoms with Gasteiger partial charge in [-0.25, -0.2) is 9.78 Å². The average Bonchev–Trinajstić information content (AvgIpc) is 3.48. The first-order valence-corrected chi connectivity index (χ1v) is 12.8. The maximum absolute atomic E-state index is 13.7. The van der Waals surface area contributed by atoms with Gasteiger partial charge in [0, 0.05) is 5.69 Å². The summed E-state index contributed by atoms with van der Waals surface area (Å²) < 4.78 is 87.5. The highest BCUT2D eigenvalue weighted by molar-refractivity contribution is 5.90. The van der Waals surface area contributed by atoms with Crippen molar-refractivity contribution in [3.05, 3.63) is 124 Å². The van der Waals surface area contributed by atoms with E-state index in [0.717, 1.165) is 4.90 Å². The minimum absolute atomic E-state index is 0.0313. The van der Waals surface area contributed by atoms with Crippen LogP contribution in [0, 0.1) is 0 Å². The molecule has 7 nitrogen and oxygen atoms in total. The lowest BCUT2D eigenvalue weighted by Crippen LogP contribution is -2.39. The summed E-state index contributed by atoms with van der Waals surface area (Å²) in [6.45, 7) is 1.27. The molecule has 0 aliphatic carbocycles. The molecule has 222 valence electrons. The first kappa shape index (κ1) is 29.4. The Labute approximate surface area is 240 Å². The van der Waals surface area contributed by atoms with Crippen LogP contribution in [0.1, 0.15) is 35.7 Å². The highest BCUT2D eigenvalue weighted by Crippen LogP contribution is 2.38. The summed E-state index contributed by atoms with van der Waals surface area (Å²) >= 11 is 0. The van der Waals surface area contributed by atoms with E-state index in [4.69, 9.17) is 4.42 Å². The van der Waals surface area contributed by atoms with Gasteiger partial charge in [-0.3, -0.25) is 9.36 Å². The molecule has 2 amide bonds. The number of alkyl halides is 6. The minimum Gasteiger partial charge on any atom is -0.467 e. The Kier molecular flexibility index (Phi) is 7.74. The first-order chi connectivity index (χ1) is 20.3. The summed E-state index contributed by atoms with van der Waals surface area (Å²) in [5.74, 6) is 0.355. The zero-order chi connectivity index (χ0) is 30.9. The van der Waals surface area contributed by atoms with Crippen molar-refractivity contribution >= 4 is 22.6 Å². The monoisotopic (exact) mass is 600 g/mol. The summed E-state index contributed by atoms with van der Waals surface area (Å²) in [5.41, 5.74) is -3.58. The molecule has 0 spiro atoms. The summed E-state index contributed by atoms with van der Waals surface area (Å²) in [7, 11) is 0. The molecular formula is C30H22F6N4O3. The van der Waals surface area contributed by atoms with Gasteiger partial charge in [-0.15, -0.1) is 0 Å². The van der Waals surface area contributed by atoms with Gasteiger partial charge in [-0.1, -0.05) is 30.3 Å². The Morgan fingerprint density at radius 3 is 2.14 bits per heavy atom. The molecule has 0 aliphatic heterocycles. The number of fused-ring (bicyclic) bond motifs is 1. The van der Waals surface area contributed by atoms with Crippen LogP contribution in [-0.4, -0.2) is 20.5 Å². The molecule has 0 saturated carbocycles. The van der Waals surface area contributed by atoms with Crippen molar-refractivity contribution < 1.29 is 35.6 Å². The molecule has 0 aliphatic rings. The third-order valence-electron chi connectivity index (χ3n) is 6.66. The number of furan rings is 1. The predicted molar refractivity (Wildman–Crippen MR) is 145 cm³/mol. The summed E-state index contributed by atoms with van der Waals surface area (Å²) in [4.78, 5) is 33.1. The molecule has 1 N–H and O–H groups in total. The third-order valence-corrected chi connectivity index (χ3v) is 6.66. The van der Waals surface area contributed by atoms with Crippen LogP contribution in [0.2, 0.25) is 0 Å². The molecule has 5 rings (SSSR count). The van der Waals surface area contributed by atoms with Crippen molar-refractivity contribution in [2.75, 3.05) is 5.32 Å². The van der Waals surface area contributed by atoms with Crippen LogP contribution in [0.25, 0.3) is 16.6 Å². The van der Waals surface area contributed by atoms with Crippen LogP contribution in [0.4, 0.5) is 36.8 Å². The average molecular weight is 601 g/mol. The van der Waals surface area contributed by atoms with Gasteiger partial charge in [-0.2, -0.15) is 26.3 Å². The van der Waals surface area contributed by atoms with Gasteiger partial charge >= 0.3 is 18.4 Å². The zero-order valence-electron chi connectivity index (χ0n) is 22.3. The fraction of sp³-hybridized carbons (Fsp3) is 0.167. The number of carbonyl (C=O) groups is 1. The van der Waals surface area contributed by atoms with E-state index in [1.165, 1.54) is 23.8 Å². The number of carbonyl (C=O) groups excluding carboxylic acids is 1. The Balaban J connectivity index is 1.62. The van der Waals surface area contributed by atoms with Crippen molar-refractivity contribution in [1.82, 2.24) is 14.5 Å². The molecule has 1 atom stereocenters. The number of anilines is 1. The molecule has 0 radical (unpaired) electrons. The number of rotatable bonds is 6. The van der Waals surface area contributed by atoms with E-state index in [0.29, 0.717) is 28.7 Å². The van der Waals surface area contributed by atoms with E-state index >= 15 is 0 Å². The molecular weight excluding hydrogens is 578 g/mol. The van der Waals surface area contributed by atoms with E-state index in [-0.39, 0.29) is 24.2 Å². The van der Waals surface area contributed by atoms with Crippen molar-refractivity contribution in [2.45, 2.75) is 31.9 Å². The molecule has 5 aromatic rings. The van der Waals surface area contributed by atoms with E-state index in [1.54, 1.807) is 60.7 Å². The molecule has 13 heteroatoms. The van der Waals surface area contributed by atoms with Crippen LogP contribution < -0.4 is 10.9 Å². The van der Waals surface area contributed by atoms with Gasteiger partial charge in [0.2, 0.25) is 0 Å². The molecule has 0 fully saturated rings.